The molecule has 2 heteroatoms. The van der Waals surface area contributed by atoms with Crippen LogP contribution < -0.4 is 4.74 Å². The maximum Gasteiger partial charge on any atom is 0.122 e. The van der Waals surface area contributed by atoms with Crippen LogP contribution in [0.4, 0.5) is 0 Å². The van der Waals surface area contributed by atoms with Gasteiger partial charge in [0.05, 0.1) is 6.10 Å². The molecule has 0 saturated heterocycles. The van der Waals surface area contributed by atoms with Crippen molar-refractivity contribution in [3.8, 4) is 5.75 Å². The lowest BCUT2D eigenvalue weighted by atomic mass is 9.93. The Labute approximate surface area is 71.8 Å². The minimum Gasteiger partial charge on any atom is -0.491 e. The molecule has 1 aromatic rings. The lowest BCUT2D eigenvalue weighted by Crippen LogP contribution is -2.28. The third kappa shape index (κ3) is 1.08. The molecule has 0 amide bonds. The van der Waals surface area contributed by atoms with Crippen molar-refractivity contribution < 1.29 is 9.84 Å². The van der Waals surface area contributed by atoms with Gasteiger partial charge in [0.15, 0.2) is 0 Å². The summed E-state index contributed by atoms with van der Waals surface area (Å²) in [6.07, 6.45) is -0.361. The summed E-state index contributed by atoms with van der Waals surface area (Å²) >= 11 is 0. The Morgan fingerprint density at radius 1 is 1.42 bits per heavy atom. The minimum atomic E-state index is -0.361. The SMILES string of the molecule is C[C@@H]1c2ccccc2OC[C@@H]1O. The first kappa shape index (κ1) is 7.62. The summed E-state index contributed by atoms with van der Waals surface area (Å²) in [5, 5.41) is 9.50. The van der Waals surface area contributed by atoms with Crippen molar-refractivity contribution in [2.24, 2.45) is 0 Å². The Morgan fingerprint density at radius 2 is 2.17 bits per heavy atom. The average molecular weight is 164 g/mol. The first-order valence-corrected chi connectivity index (χ1v) is 4.19. The third-order valence-electron chi connectivity index (χ3n) is 2.40. The maximum absolute atomic E-state index is 9.50. The van der Waals surface area contributed by atoms with Gasteiger partial charge in [-0.3, -0.25) is 0 Å². The van der Waals surface area contributed by atoms with Gasteiger partial charge >= 0.3 is 0 Å². The van der Waals surface area contributed by atoms with Crippen LogP contribution in [0.25, 0.3) is 0 Å². The van der Waals surface area contributed by atoms with Crippen molar-refractivity contribution in [1.82, 2.24) is 0 Å². The Balaban J connectivity index is 2.42. The molecule has 2 rings (SSSR count). The second kappa shape index (κ2) is 2.79. The normalized spacial score (nSPS) is 27.5. The number of ether oxygens (including phenoxy) is 1. The van der Waals surface area contributed by atoms with Crippen LogP contribution in [-0.4, -0.2) is 17.8 Å². The second-order valence-corrected chi connectivity index (χ2v) is 3.20. The summed E-state index contributed by atoms with van der Waals surface area (Å²) in [7, 11) is 0. The zero-order valence-corrected chi connectivity index (χ0v) is 7.03. The Morgan fingerprint density at radius 3 is 3.00 bits per heavy atom. The van der Waals surface area contributed by atoms with Crippen molar-refractivity contribution in [2.75, 3.05) is 6.61 Å². The van der Waals surface area contributed by atoms with E-state index in [4.69, 9.17) is 4.74 Å². The molecule has 1 aromatic carbocycles. The topological polar surface area (TPSA) is 29.5 Å². The summed E-state index contributed by atoms with van der Waals surface area (Å²) < 4.78 is 5.36. The van der Waals surface area contributed by atoms with E-state index in [1.165, 1.54) is 0 Å². The molecule has 0 fully saturated rings. The highest BCUT2D eigenvalue weighted by Gasteiger charge is 2.24. The molecule has 0 bridgehead atoms. The van der Waals surface area contributed by atoms with Crippen molar-refractivity contribution >= 4 is 0 Å². The molecule has 1 heterocycles. The molecule has 0 aromatic heterocycles. The first-order valence-electron chi connectivity index (χ1n) is 4.19. The van der Waals surface area contributed by atoms with Gasteiger partial charge in [0, 0.05) is 5.92 Å². The van der Waals surface area contributed by atoms with Gasteiger partial charge in [-0.2, -0.15) is 0 Å². The largest absolute Gasteiger partial charge is 0.491 e. The fraction of sp³-hybridized carbons (Fsp3) is 0.400. The fourth-order valence-electron chi connectivity index (χ4n) is 1.51. The molecule has 0 unspecified atom stereocenters. The Hall–Kier alpha value is -1.02. The molecule has 64 valence electrons. The number of benzene rings is 1. The van der Waals surface area contributed by atoms with Gasteiger partial charge in [-0.1, -0.05) is 25.1 Å². The van der Waals surface area contributed by atoms with Gasteiger partial charge in [-0.05, 0) is 11.6 Å². The van der Waals surface area contributed by atoms with Crippen molar-refractivity contribution in [3.05, 3.63) is 29.8 Å². The van der Waals surface area contributed by atoms with E-state index in [-0.39, 0.29) is 12.0 Å². The summed E-state index contributed by atoms with van der Waals surface area (Å²) in [6, 6.07) is 7.86. The minimum absolute atomic E-state index is 0.190. The van der Waals surface area contributed by atoms with Gasteiger partial charge in [-0.15, -0.1) is 0 Å². The molecule has 2 nitrogen and oxygen atoms in total. The van der Waals surface area contributed by atoms with Gasteiger partial charge < -0.3 is 9.84 Å². The zero-order chi connectivity index (χ0) is 8.55. The van der Waals surface area contributed by atoms with Crippen LogP contribution >= 0.6 is 0 Å². The molecule has 0 spiro atoms. The third-order valence-corrected chi connectivity index (χ3v) is 2.40. The van der Waals surface area contributed by atoms with E-state index in [1.807, 2.05) is 31.2 Å². The summed E-state index contributed by atoms with van der Waals surface area (Å²) in [4.78, 5) is 0. The van der Waals surface area contributed by atoms with Crippen LogP contribution in [-0.2, 0) is 0 Å². The number of fused-ring (bicyclic) bond motifs is 1. The van der Waals surface area contributed by atoms with E-state index in [0.29, 0.717) is 6.61 Å². The van der Waals surface area contributed by atoms with Gasteiger partial charge in [0.25, 0.3) is 0 Å². The summed E-state index contributed by atoms with van der Waals surface area (Å²) in [6.45, 7) is 2.43. The van der Waals surface area contributed by atoms with Crippen LogP contribution in [0, 0.1) is 0 Å². The van der Waals surface area contributed by atoms with Crippen LogP contribution in [0.5, 0.6) is 5.75 Å². The molecule has 1 N–H and O–H groups in total. The molecule has 1 aliphatic rings. The molecular weight excluding hydrogens is 152 g/mol. The van der Waals surface area contributed by atoms with Crippen molar-refractivity contribution in [3.63, 3.8) is 0 Å². The highest BCUT2D eigenvalue weighted by molar-refractivity contribution is 5.38. The van der Waals surface area contributed by atoms with Crippen molar-refractivity contribution in [2.45, 2.75) is 18.9 Å². The van der Waals surface area contributed by atoms with Gasteiger partial charge in [0.1, 0.15) is 12.4 Å². The van der Waals surface area contributed by atoms with Crippen LogP contribution in [0.1, 0.15) is 18.4 Å². The Bertz CT molecular complexity index is 283. The Kier molecular flexibility index (Phi) is 1.77. The van der Waals surface area contributed by atoms with E-state index in [2.05, 4.69) is 0 Å². The predicted molar refractivity (Wildman–Crippen MR) is 46.4 cm³/mol. The van der Waals surface area contributed by atoms with E-state index in [9.17, 15) is 5.11 Å². The number of aliphatic hydroxyl groups is 1. The number of hydrogen-bond acceptors (Lipinski definition) is 2. The van der Waals surface area contributed by atoms with Crippen LogP contribution in [0.2, 0.25) is 0 Å². The maximum atomic E-state index is 9.50. The molecular formula is C10H12O2. The van der Waals surface area contributed by atoms with Crippen LogP contribution in [0.15, 0.2) is 24.3 Å². The highest BCUT2D eigenvalue weighted by atomic mass is 16.5. The van der Waals surface area contributed by atoms with E-state index < -0.39 is 0 Å². The molecule has 0 radical (unpaired) electrons. The molecule has 1 aliphatic heterocycles. The van der Waals surface area contributed by atoms with E-state index in [0.717, 1.165) is 11.3 Å². The van der Waals surface area contributed by atoms with E-state index in [1.54, 1.807) is 0 Å². The molecule has 0 aliphatic carbocycles. The number of para-hydroxylation sites is 1. The smallest absolute Gasteiger partial charge is 0.122 e. The van der Waals surface area contributed by atoms with Gasteiger partial charge in [-0.25, -0.2) is 0 Å². The predicted octanol–water partition coefficient (Wildman–Crippen LogP) is 1.54. The van der Waals surface area contributed by atoms with Gasteiger partial charge in [0.2, 0.25) is 0 Å². The fourth-order valence-corrected chi connectivity index (χ4v) is 1.51. The number of aliphatic hydroxyl groups excluding tert-OH is 1. The molecule has 2 atom stereocenters. The molecule has 12 heavy (non-hydrogen) atoms. The zero-order valence-electron chi connectivity index (χ0n) is 7.03. The highest BCUT2D eigenvalue weighted by Crippen LogP contribution is 2.32. The number of rotatable bonds is 0. The number of hydrogen-bond donors (Lipinski definition) is 1. The second-order valence-electron chi connectivity index (χ2n) is 3.20. The summed E-state index contributed by atoms with van der Waals surface area (Å²) in [5.41, 5.74) is 1.11. The molecule has 0 saturated carbocycles. The van der Waals surface area contributed by atoms with Crippen LogP contribution in [0.3, 0.4) is 0 Å². The standard InChI is InChI=1S/C10H12O2/c1-7-8-4-2-3-5-10(8)12-6-9(7)11/h2-5,7,9,11H,6H2,1H3/t7-,9+/m1/s1. The monoisotopic (exact) mass is 164 g/mol. The lowest BCUT2D eigenvalue weighted by molar-refractivity contribution is 0.0714. The summed E-state index contributed by atoms with van der Waals surface area (Å²) in [5.74, 6) is 1.10. The first-order chi connectivity index (χ1) is 5.79. The van der Waals surface area contributed by atoms with Crippen molar-refractivity contribution in [1.29, 1.82) is 0 Å². The average Bonchev–Trinajstić information content (AvgIpc) is 2.12. The lowest BCUT2D eigenvalue weighted by Gasteiger charge is -2.27. The quantitative estimate of drug-likeness (QED) is 0.630. The van der Waals surface area contributed by atoms with E-state index >= 15 is 0 Å².